The maximum Gasteiger partial charge on any atom is 0.226 e. The van der Waals surface area contributed by atoms with E-state index in [1.54, 1.807) is 6.33 Å². The van der Waals surface area contributed by atoms with Crippen LogP contribution in [-0.4, -0.2) is 41.0 Å². The molecule has 0 amide bonds. The van der Waals surface area contributed by atoms with E-state index in [4.69, 9.17) is 4.52 Å². The molecule has 4 rings (SSSR count). The van der Waals surface area contributed by atoms with Gasteiger partial charge in [-0.05, 0) is 31.4 Å². The highest BCUT2D eigenvalue weighted by molar-refractivity contribution is 6.38. The summed E-state index contributed by atoms with van der Waals surface area (Å²) in [5, 5.41) is 4.92. The van der Waals surface area contributed by atoms with Crippen LogP contribution < -0.4 is 10.4 Å². The number of aromatic nitrogens is 4. The van der Waals surface area contributed by atoms with Crippen molar-refractivity contribution >= 4 is 30.0 Å². The number of nitrogens with zero attached hydrogens (tertiary/aromatic N) is 5. The zero-order valence-electron chi connectivity index (χ0n) is 15.1. The van der Waals surface area contributed by atoms with Gasteiger partial charge in [0, 0.05) is 30.8 Å². The lowest BCUT2D eigenvalue weighted by Gasteiger charge is -2.32. The SMILES string of the molecule is Bc1cc(F)cc2c(N3CCC(c4noc(CCC)n4)CC3)ncnc12. The average Bonchev–Trinajstić information content (AvgIpc) is 3.10. The molecule has 26 heavy (non-hydrogen) atoms. The van der Waals surface area contributed by atoms with Crippen molar-refractivity contribution in [3.8, 4) is 0 Å². The van der Waals surface area contributed by atoms with Gasteiger partial charge in [-0.2, -0.15) is 4.98 Å². The van der Waals surface area contributed by atoms with Gasteiger partial charge in [0.05, 0.1) is 5.52 Å². The van der Waals surface area contributed by atoms with Crippen LogP contribution in [0.1, 0.15) is 43.8 Å². The number of benzene rings is 1. The molecule has 8 heteroatoms. The first kappa shape index (κ1) is 16.9. The topological polar surface area (TPSA) is 67.9 Å². The molecular formula is C18H21BFN5O. The van der Waals surface area contributed by atoms with Crippen molar-refractivity contribution in [3.05, 3.63) is 36.0 Å². The van der Waals surface area contributed by atoms with E-state index in [1.165, 1.54) is 12.1 Å². The van der Waals surface area contributed by atoms with Crippen LogP contribution in [0.5, 0.6) is 0 Å². The van der Waals surface area contributed by atoms with Crippen molar-refractivity contribution in [2.75, 3.05) is 18.0 Å². The maximum absolute atomic E-state index is 13.9. The number of hydrogen-bond acceptors (Lipinski definition) is 6. The molecule has 0 spiro atoms. The van der Waals surface area contributed by atoms with Gasteiger partial charge in [0.1, 0.15) is 25.8 Å². The summed E-state index contributed by atoms with van der Waals surface area (Å²) in [6.45, 7) is 3.74. The van der Waals surface area contributed by atoms with Crippen LogP contribution in [0, 0.1) is 5.82 Å². The Morgan fingerprint density at radius 2 is 2.08 bits per heavy atom. The number of halogens is 1. The highest BCUT2D eigenvalue weighted by atomic mass is 19.1. The maximum atomic E-state index is 13.9. The predicted molar refractivity (Wildman–Crippen MR) is 100 cm³/mol. The van der Waals surface area contributed by atoms with Crippen molar-refractivity contribution < 1.29 is 8.91 Å². The summed E-state index contributed by atoms with van der Waals surface area (Å²) in [7, 11) is 1.87. The molecule has 0 N–H and O–H groups in total. The number of rotatable bonds is 4. The zero-order valence-corrected chi connectivity index (χ0v) is 15.1. The quantitative estimate of drug-likeness (QED) is 0.666. The summed E-state index contributed by atoms with van der Waals surface area (Å²) < 4.78 is 19.2. The minimum absolute atomic E-state index is 0.254. The van der Waals surface area contributed by atoms with Crippen LogP contribution in [-0.2, 0) is 6.42 Å². The molecule has 6 nitrogen and oxygen atoms in total. The van der Waals surface area contributed by atoms with Crippen molar-refractivity contribution in [1.82, 2.24) is 20.1 Å². The van der Waals surface area contributed by atoms with E-state index < -0.39 is 0 Å². The Morgan fingerprint density at radius 3 is 2.85 bits per heavy atom. The van der Waals surface area contributed by atoms with E-state index in [9.17, 15) is 4.39 Å². The zero-order chi connectivity index (χ0) is 18.1. The largest absolute Gasteiger partial charge is 0.356 e. The molecule has 1 fully saturated rings. The minimum Gasteiger partial charge on any atom is -0.356 e. The molecule has 2 aromatic heterocycles. The van der Waals surface area contributed by atoms with Crippen molar-refractivity contribution in [2.45, 2.75) is 38.5 Å². The van der Waals surface area contributed by atoms with Gasteiger partial charge in [0.25, 0.3) is 0 Å². The third-order valence-corrected chi connectivity index (χ3v) is 4.98. The molecular weight excluding hydrogens is 332 g/mol. The lowest BCUT2D eigenvalue weighted by atomic mass is 9.92. The summed E-state index contributed by atoms with van der Waals surface area (Å²) in [5.74, 6) is 2.37. The summed E-state index contributed by atoms with van der Waals surface area (Å²) in [6, 6.07) is 3.04. The number of aryl methyl sites for hydroxylation is 1. The Kier molecular flexibility index (Phi) is 4.57. The van der Waals surface area contributed by atoms with Gasteiger partial charge in [0.2, 0.25) is 5.89 Å². The van der Waals surface area contributed by atoms with Crippen molar-refractivity contribution in [3.63, 3.8) is 0 Å². The Bertz CT molecular complexity index is 923. The van der Waals surface area contributed by atoms with Gasteiger partial charge in [0.15, 0.2) is 5.82 Å². The van der Waals surface area contributed by atoms with Crippen molar-refractivity contribution in [2.24, 2.45) is 0 Å². The summed E-state index contributed by atoms with van der Waals surface area (Å²) >= 11 is 0. The molecule has 1 aliphatic rings. The highest BCUT2D eigenvalue weighted by Gasteiger charge is 2.26. The van der Waals surface area contributed by atoms with E-state index in [0.717, 1.165) is 72.7 Å². The lowest BCUT2D eigenvalue weighted by Crippen LogP contribution is -2.34. The van der Waals surface area contributed by atoms with Gasteiger partial charge in [-0.15, -0.1) is 0 Å². The van der Waals surface area contributed by atoms with Gasteiger partial charge < -0.3 is 9.42 Å². The van der Waals surface area contributed by atoms with Gasteiger partial charge >= 0.3 is 0 Å². The normalized spacial score (nSPS) is 15.7. The fourth-order valence-electron chi connectivity index (χ4n) is 3.64. The van der Waals surface area contributed by atoms with Gasteiger partial charge in [-0.1, -0.05) is 17.5 Å². The summed E-state index contributed by atoms with van der Waals surface area (Å²) in [5.41, 5.74) is 1.63. The molecule has 0 bridgehead atoms. The fraction of sp³-hybridized carbons (Fsp3) is 0.444. The van der Waals surface area contributed by atoms with Crippen LogP contribution in [0.4, 0.5) is 10.2 Å². The van der Waals surface area contributed by atoms with Crippen LogP contribution >= 0.6 is 0 Å². The number of fused-ring (bicyclic) bond motifs is 1. The van der Waals surface area contributed by atoms with Gasteiger partial charge in [-0.3, -0.25) is 0 Å². The fourth-order valence-corrected chi connectivity index (χ4v) is 3.64. The first-order valence-corrected chi connectivity index (χ1v) is 9.14. The molecule has 0 atom stereocenters. The van der Waals surface area contributed by atoms with Crippen LogP contribution in [0.15, 0.2) is 23.0 Å². The molecule has 0 aliphatic carbocycles. The predicted octanol–water partition coefficient (Wildman–Crippen LogP) is 1.75. The lowest BCUT2D eigenvalue weighted by molar-refractivity contribution is 0.363. The molecule has 0 saturated carbocycles. The van der Waals surface area contributed by atoms with Crippen LogP contribution in [0.25, 0.3) is 10.9 Å². The third-order valence-electron chi connectivity index (χ3n) is 4.98. The second-order valence-electron chi connectivity index (χ2n) is 6.87. The van der Waals surface area contributed by atoms with Gasteiger partial charge in [-0.25, -0.2) is 14.4 Å². The minimum atomic E-state index is -0.254. The smallest absolute Gasteiger partial charge is 0.226 e. The Balaban J connectivity index is 1.54. The molecule has 1 aliphatic heterocycles. The Labute approximate surface area is 152 Å². The summed E-state index contributed by atoms with van der Waals surface area (Å²) in [4.78, 5) is 15.5. The van der Waals surface area contributed by atoms with E-state index >= 15 is 0 Å². The summed E-state index contributed by atoms with van der Waals surface area (Å²) in [6.07, 6.45) is 5.22. The van der Waals surface area contributed by atoms with E-state index in [-0.39, 0.29) is 5.82 Å². The number of anilines is 1. The van der Waals surface area contributed by atoms with E-state index in [1.807, 2.05) is 7.85 Å². The number of hydrogen-bond donors (Lipinski definition) is 0. The van der Waals surface area contributed by atoms with Crippen molar-refractivity contribution in [1.29, 1.82) is 0 Å². The number of piperidine rings is 1. The molecule has 3 aromatic rings. The standard InChI is InChI=1S/C18H21BFN5O/c1-2-3-15-23-17(24-26-15)11-4-6-25(7-5-11)18-13-8-12(20)9-14(19)16(13)21-10-22-18/h8-11H,2-7,19H2,1H3. The molecule has 1 saturated heterocycles. The first-order valence-electron chi connectivity index (χ1n) is 9.14. The van der Waals surface area contributed by atoms with E-state index in [0.29, 0.717) is 5.92 Å². The average molecular weight is 353 g/mol. The molecule has 0 unspecified atom stereocenters. The molecule has 0 radical (unpaired) electrons. The van der Waals surface area contributed by atoms with Crippen LogP contribution in [0.2, 0.25) is 0 Å². The molecule has 134 valence electrons. The Hall–Kier alpha value is -2.51. The third kappa shape index (κ3) is 3.16. The monoisotopic (exact) mass is 353 g/mol. The first-order chi connectivity index (χ1) is 12.7. The Morgan fingerprint density at radius 1 is 1.27 bits per heavy atom. The second kappa shape index (κ2) is 7.01. The highest BCUT2D eigenvalue weighted by Crippen LogP contribution is 2.31. The second-order valence-corrected chi connectivity index (χ2v) is 6.87. The van der Waals surface area contributed by atoms with E-state index in [2.05, 4.69) is 31.9 Å². The molecule has 1 aromatic carbocycles. The molecule has 3 heterocycles. The van der Waals surface area contributed by atoms with Crippen LogP contribution in [0.3, 0.4) is 0 Å².